The van der Waals surface area contributed by atoms with Gasteiger partial charge in [-0.1, -0.05) is 0 Å². The van der Waals surface area contributed by atoms with Crippen molar-refractivity contribution >= 4 is 16.7 Å². The average molecular weight is 315 g/mol. The van der Waals surface area contributed by atoms with Crippen molar-refractivity contribution in [1.82, 2.24) is 19.8 Å². The molecule has 0 atom stereocenters. The normalized spacial score (nSPS) is 21.1. The van der Waals surface area contributed by atoms with Crippen LogP contribution in [0.1, 0.15) is 0 Å². The van der Waals surface area contributed by atoms with Gasteiger partial charge in [-0.05, 0) is 18.2 Å². The van der Waals surface area contributed by atoms with Gasteiger partial charge in [0, 0.05) is 58.0 Å². The van der Waals surface area contributed by atoms with E-state index in [1.165, 1.54) is 18.8 Å². The number of piperazine rings is 1. The van der Waals surface area contributed by atoms with Gasteiger partial charge in [-0.15, -0.1) is 0 Å². The first-order valence-electron chi connectivity index (χ1n) is 8.59. The molecule has 0 bridgehead atoms. The van der Waals surface area contributed by atoms with Crippen LogP contribution in [-0.4, -0.2) is 85.3 Å². The molecule has 2 saturated heterocycles. The van der Waals surface area contributed by atoms with E-state index in [4.69, 9.17) is 4.74 Å². The highest BCUT2D eigenvalue weighted by atomic mass is 16.5. The van der Waals surface area contributed by atoms with Crippen LogP contribution in [0.15, 0.2) is 24.5 Å². The zero-order valence-electron chi connectivity index (χ0n) is 13.6. The third kappa shape index (κ3) is 3.49. The maximum absolute atomic E-state index is 5.41. The van der Waals surface area contributed by atoms with Gasteiger partial charge in [0.2, 0.25) is 0 Å². The summed E-state index contributed by atoms with van der Waals surface area (Å²) in [5.41, 5.74) is 3.46. The number of H-pyrrole nitrogens is 1. The van der Waals surface area contributed by atoms with E-state index >= 15 is 0 Å². The molecule has 2 aliphatic heterocycles. The van der Waals surface area contributed by atoms with Crippen LogP contribution in [0.25, 0.3) is 11.0 Å². The lowest BCUT2D eigenvalue weighted by Crippen LogP contribution is -2.49. The van der Waals surface area contributed by atoms with Crippen molar-refractivity contribution in [3.8, 4) is 0 Å². The SMILES string of the molecule is c1nc2ccc(N3CCN(CCN4CCOCC4)CC3)cc2[nH]1. The molecule has 0 unspecified atom stereocenters. The predicted molar refractivity (Wildman–Crippen MR) is 92.0 cm³/mol. The summed E-state index contributed by atoms with van der Waals surface area (Å²) in [6.07, 6.45) is 1.76. The van der Waals surface area contributed by atoms with Gasteiger partial charge >= 0.3 is 0 Å². The second-order valence-corrected chi connectivity index (χ2v) is 6.39. The molecule has 0 amide bonds. The Labute approximate surface area is 137 Å². The molecule has 23 heavy (non-hydrogen) atoms. The standard InChI is InChI=1S/C17H25N5O/c1-2-16-17(19-14-18-16)13-15(1)22-7-5-20(6-8-22)3-4-21-9-11-23-12-10-21/h1-2,13-14H,3-12H2,(H,18,19). The number of hydrogen-bond donors (Lipinski definition) is 1. The van der Waals surface area contributed by atoms with Crippen LogP contribution in [0, 0.1) is 0 Å². The topological polar surface area (TPSA) is 47.6 Å². The van der Waals surface area contributed by atoms with Crippen LogP contribution in [0.5, 0.6) is 0 Å². The number of nitrogens with one attached hydrogen (secondary N) is 1. The summed E-state index contributed by atoms with van der Waals surface area (Å²) < 4.78 is 5.41. The number of imidazole rings is 1. The molecule has 2 aliphatic rings. The lowest BCUT2D eigenvalue weighted by Gasteiger charge is -2.37. The highest BCUT2D eigenvalue weighted by molar-refractivity contribution is 5.79. The molecule has 6 nitrogen and oxygen atoms in total. The van der Waals surface area contributed by atoms with Gasteiger partial charge in [0.05, 0.1) is 30.6 Å². The number of fused-ring (bicyclic) bond motifs is 1. The number of morpholine rings is 1. The number of nitrogens with zero attached hydrogens (tertiary/aromatic N) is 4. The van der Waals surface area contributed by atoms with E-state index in [2.05, 4.69) is 42.9 Å². The number of aromatic nitrogens is 2. The molecule has 1 aromatic heterocycles. The minimum absolute atomic E-state index is 0.893. The molecular formula is C17H25N5O. The molecule has 0 radical (unpaired) electrons. The van der Waals surface area contributed by atoms with Gasteiger partial charge in [-0.3, -0.25) is 9.80 Å². The molecule has 3 heterocycles. The van der Waals surface area contributed by atoms with Crippen LogP contribution in [-0.2, 0) is 4.74 Å². The Bertz CT molecular complexity index is 629. The van der Waals surface area contributed by atoms with Gasteiger partial charge < -0.3 is 14.6 Å². The Balaban J connectivity index is 1.28. The van der Waals surface area contributed by atoms with Crippen molar-refractivity contribution in [2.75, 3.05) is 70.5 Å². The molecule has 4 rings (SSSR count). The minimum atomic E-state index is 0.893. The number of benzene rings is 1. The Hall–Kier alpha value is -1.63. The van der Waals surface area contributed by atoms with Gasteiger partial charge in [-0.25, -0.2) is 4.98 Å². The molecule has 2 fully saturated rings. The molecule has 0 aliphatic carbocycles. The number of ether oxygens (including phenoxy) is 1. The first kappa shape index (κ1) is 14.9. The van der Waals surface area contributed by atoms with Gasteiger partial charge in [0.25, 0.3) is 0 Å². The van der Waals surface area contributed by atoms with Crippen LogP contribution in [0.4, 0.5) is 5.69 Å². The number of anilines is 1. The van der Waals surface area contributed by atoms with Crippen molar-refractivity contribution in [1.29, 1.82) is 0 Å². The summed E-state index contributed by atoms with van der Waals surface area (Å²) in [6.45, 7) is 10.8. The summed E-state index contributed by atoms with van der Waals surface area (Å²) in [5.74, 6) is 0. The zero-order chi connectivity index (χ0) is 15.5. The summed E-state index contributed by atoms with van der Waals surface area (Å²) >= 11 is 0. The number of hydrogen-bond acceptors (Lipinski definition) is 5. The maximum Gasteiger partial charge on any atom is 0.0931 e. The van der Waals surface area contributed by atoms with E-state index in [1.54, 1.807) is 6.33 Å². The molecular weight excluding hydrogens is 290 g/mol. The van der Waals surface area contributed by atoms with E-state index in [9.17, 15) is 0 Å². The largest absolute Gasteiger partial charge is 0.379 e. The van der Waals surface area contributed by atoms with Crippen LogP contribution in [0.3, 0.4) is 0 Å². The molecule has 6 heteroatoms. The van der Waals surface area contributed by atoms with E-state index < -0.39 is 0 Å². The van der Waals surface area contributed by atoms with E-state index in [1.807, 2.05) is 0 Å². The lowest BCUT2D eigenvalue weighted by atomic mass is 10.2. The monoisotopic (exact) mass is 315 g/mol. The quantitative estimate of drug-likeness (QED) is 0.913. The van der Waals surface area contributed by atoms with Crippen LogP contribution < -0.4 is 4.90 Å². The Kier molecular flexibility index (Phi) is 4.46. The van der Waals surface area contributed by atoms with Crippen LogP contribution >= 0.6 is 0 Å². The first-order chi connectivity index (χ1) is 11.4. The molecule has 1 N–H and O–H groups in total. The molecule has 0 spiro atoms. The Morgan fingerprint density at radius 1 is 0.957 bits per heavy atom. The summed E-state index contributed by atoms with van der Waals surface area (Å²) in [7, 11) is 0. The van der Waals surface area contributed by atoms with E-state index in [0.29, 0.717) is 0 Å². The fourth-order valence-electron chi connectivity index (χ4n) is 3.46. The fraction of sp³-hybridized carbons (Fsp3) is 0.588. The molecule has 2 aromatic rings. The van der Waals surface area contributed by atoms with Crippen molar-refractivity contribution in [2.45, 2.75) is 0 Å². The second kappa shape index (κ2) is 6.86. The Morgan fingerprint density at radius 3 is 2.48 bits per heavy atom. The predicted octanol–water partition coefficient (Wildman–Crippen LogP) is 1.02. The highest BCUT2D eigenvalue weighted by Crippen LogP contribution is 2.21. The van der Waals surface area contributed by atoms with Crippen molar-refractivity contribution in [3.05, 3.63) is 24.5 Å². The maximum atomic E-state index is 5.41. The Morgan fingerprint density at radius 2 is 1.70 bits per heavy atom. The molecule has 0 saturated carbocycles. The summed E-state index contributed by atoms with van der Waals surface area (Å²) in [5, 5.41) is 0. The summed E-state index contributed by atoms with van der Waals surface area (Å²) in [6, 6.07) is 6.50. The average Bonchev–Trinajstić information content (AvgIpc) is 3.09. The smallest absolute Gasteiger partial charge is 0.0931 e. The van der Waals surface area contributed by atoms with E-state index in [0.717, 1.165) is 63.5 Å². The molecule has 124 valence electrons. The third-order valence-corrected chi connectivity index (χ3v) is 4.98. The summed E-state index contributed by atoms with van der Waals surface area (Å²) in [4.78, 5) is 15.1. The van der Waals surface area contributed by atoms with Gasteiger partial charge in [0.15, 0.2) is 0 Å². The number of rotatable bonds is 4. The highest BCUT2D eigenvalue weighted by Gasteiger charge is 2.19. The van der Waals surface area contributed by atoms with E-state index in [-0.39, 0.29) is 0 Å². The molecule has 1 aromatic carbocycles. The zero-order valence-corrected chi connectivity index (χ0v) is 13.6. The van der Waals surface area contributed by atoms with Crippen molar-refractivity contribution < 1.29 is 4.74 Å². The fourth-order valence-corrected chi connectivity index (χ4v) is 3.46. The number of aromatic amines is 1. The second-order valence-electron chi connectivity index (χ2n) is 6.39. The van der Waals surface area contributed by atoms with Gasteiger partial charge in [0.1, 0.15) is 0 Å². The first-order valence-corrected chi connectivity index (χ1v) is 8.59. The third-order valence-electron chi connectivity index (χ3n) is 4.98. The van der Waals surface area contributed by atoms with Crippen molar-refractivity contribution in [3.63, 3.8) is 0 Å². The van der Waals surface area contributed by atoms with Crippen molar-refractivity contribution in [2.24, 2.45) is 0 Å². The minimum Gasteiger partial charge on any atom is -0.379 e. The van der Waals surface area contributed by atoms with Gasteiger partial charge in [-0.2, -0.15) is 0 Å². The lowest BCUT2D eigenvalue weighted by molar-refractivity contribution is 0.0331. The van der Waals surface area contributed by atoms with Crippen LogP contribution in [0.2, 0.25) is 0 Å².